The third-order valence-electron chi connectivity index (χ3n) is 2.15. The number of aromatic amines is 1. The van der Waals surface area contributed by atoms with E-state index in [1.54, 1.807) is 12.1 Å². The maximum absolute atomic E-state index is 11.8. The fraction of sp³-hybridized carbons (Fsp3) is 0.182. The Labute approximate surface area is 113 Å². The third kappa shape index (κ3) is 3.48. The molecule has 1 amide bonds. The number of amides is 1. The zero-order valence-electron chi connectivity index (χ0n) is 9.55. The third-order valence-corrected chi connectivity index (χ3v) is 3.52. The number of benzene rings is 1. The molecule has 0 aliphatic rings. The zero-order chi connectivity index (χ0) is 13.0. The molecule has 7 heteroatoms. The monoisotopic (exact) mass is 282 g/mol. The van der Waals surface area contributed by atoms with Crippen LogP contribution in [-0.4, -0.2) is 26.3 Å². The fourth-order valence-corrected chi connectivity index (χ4v) is 2.25. The Hall–Kier alpha value is -1.53. The molecular weight excluding hydrogens is 272 g/mol. The Morgan fingerprint density at radius 3 is 2.78 bits per heavy atom. The molecule has 0 aliphatic carbocycles. The summed E-state index contributed by atoms with van der Waals surface area (Å²) in [6, 6.07) is 7.35. The lowest BCUT2D eigenvalue weighted by atomic mass is 10.4. The zero-order valence-corrected chi connectivity index (χ0v) is 11.1. The first kappa shape index (κ1) is 12.9. The summed E-state index contributed by atoms with van der Waals surface area (Å²) in [5.41, 5.74) is 0. The predicted octanol–water partition coefficient (Wildman–Crippen LogP) is 2.58. The number of nitrogens with zero attached hydrogens (tertiary/aromatic N) is 2. The van der Waals surface area contributed by atoms with Gasteiger partial charge in [0, 0.05) is 9.92 Å². The minimum atomic E-state index is -0.240. The largest absolute Gasteiger partial charge is 0.294 e. The van der Waals surface area contributed by atoms with Crippen LogP contribution in [0, 0.1) is 0 Å². The summed E-state index contributed by atoms with van der Waals surface area (Å²) in [5, 5.41) is 9.31. The van der Waals surface area contributed by atoms with Crippen molar-refractivity contribution in [3.05, 3.63) is 35.6 Å². The minimum absolute atomic E-state index is 0.133. The Bertz CT molecular complexity index is 514. The van der Waals surface area contributed by atoms with E-state index >= 15 is 0 Å². The van der Waals surface area contributed by atoms with Crippen LogP contribution in [-0.2, 0) is 4.79 Å². The van der Waals surface area contributed by atoms with E-state index in [1.807, 2.05) is 19.1 Å². The van der Waals surface area contributed by atoms with Gasteiger partial charge >= 0.3 is 0 Å². The van der Waals surface area contributed by atoms with Crippen molar-refractivity contribution >= 4 is 35.2 Å². The molecule has 0 saturated heterocycles. The van der Waals surface area contributed by atoms with Gasteiger partial charge in [-0.3, -0.25) is 10.1 Å². The van der Waals surface area contributed by atoms with Crippen LogP contribution in [0.1, 0.15) is 6.92 Å². The van der Waals surface area contributed by atoms with Crippen molar-refractivity contribution < 1.29 is 4.79 Å². The fourth-order valence-electron chi connectivity index (χ4n) is 1.25. The van der Waals surface area contributed by atoms with E-state index in [-0.39, 0.29) is 11.2 Å². The van der Waals surface area contributed by atoms with Crippen LogP contribution in [0.25, 0.3) is 0 Å². The van der Waals surface area contributed by atoms with Crippen molar-refractivity contribution in [2.75, 3.05) is 5.32 Å². The number of aromatic nitrogens is 3. The molecule has 0 radical (unpaired) electrons. The van der Waals surface area contributed by atoms with E-state index in [4.69, 9.17) is 11.6 Å². The summed E-state index contributed by atoms with van der Waals surface area (Å²) in [4.78, 5) is 16.7. The van der Waals surface area contributed by atoms with Crippen LogP contribution in [0.5, 0.6) is 0 Å². The van der Waals surface area contributed by atoms with E-state index in [1.165, 1.54) is 18.1 Å². The van der Waals surface area contributed by atoms with E-state index in [2.05, 4.69) is 20.5 Å². The maximum atomic E-state index is 11.8. The van der Waals surface area contributed by atoms with Crippen LogP contribution in [0.2, 0.25) is 5.02 Å². The second-order valence-corrected chi connectivity index (χ2v) is 5.39. The number of rotatable bonds is 4. The minimum Gasteiger partial charge on any atom is -0.294 e. The topological polar surface area (TPSA) is 70.7 Å². The SMILES string of the molecule is C[C@@H](Sc1ccc(Cl)cc1)C(=O)Nc1ncn[nH]1. The van der Waals surface area contributed by atoms with Crippen LogP contribution in [0.15, 0.2) is 35.5 Å². The molecule has 1 atom stereocenters. The molecule has 0 bridgehead atoms. The van der Waals surface area contributed by atoms with Crippen molar-refractivity contribution in [2.45, 2.75) is 17.1 Å². The van der Waals surface area contributed by atoms with Crippen LogP contribution < -0.4 is 5.32 Å². The molecule has 5 nitrogen and oxygen atoms in total. The van der Waals surface area contributed by atoms with Gasteiger partial charge in [-0.1, -0.05) is 11.6 Å². The number of hydrogen-bond donors (Lipinski definition) is 2. The molecule has 2 N–H and O–H groups in total. The molecule has 18 heavy (non-hydrogen) atoms. The molecule has 1 aromatic carbocycles. The van der Waals surface area contributed by atoms with Gasteiger partial charge in [0.1, 0.15) is 6.33 Å². The molecule has 1 heterocycles. The van der Waals surface area contributed by atoms with Gasteiger partial charge in [-0.05, 0) is 31.2 Å². The number of carbonyl (C=O) groups is 1. The van der Waals surface area contributed by atoms with Crippen molar-refractivity contribution in [1.29, 1.82) is 0 Å². The van der Waals surface area contributed by atoms with Gasteiger partial charge in [-0.15, -0.1) is 11.8 Å². The van der Waals surface area contributed by atoms with E-state index in [0.717, 1.165) is 4.90 Å². The molecule has 0 spiro atoms. The smallest absolute Gasteiger partial charge is 0.239 e. The lowest BCUT2D eigenvalue weighted by Crippen LogP contribution is -2.23. The van der Waals surface area contributed by atoms with Gasteiger partial charge in [-0.2, -0.15) is 10.1 Å². The second-order valence-electron chi connectivity index (χ2n) is 3.54. The maximum Gasteiger partial charge on any atom is 0.239 e. The summed E-state index contributed by atoms with van der Waals surface area (Å²) < 4.78 is 0. The van der Waals surface area contributed by atoms with Crippen molar-refractivity contribution in [2.24, 2.45) is 0 Å². The lowest BCUT2D eigenvalue weighted by molar-refractivity contribution is -0.115. The molecule has 94 valence electrons. The van der Waals surface area contributed by atoms with Crippen LogP contribution >= 0.6 is 23.4 Å². The summed E-state index contributed by atoms with van der Waals surface area (Å²) in [7, 11) is 0. The molecule has 2 aromatic rings. The summed E-state index contributed by atoms with van der Waals surface area (Å²) in [6.45, 7) is 1.82. The van der Waals surface area contributed by atoms with Gasteiger partial charge in [-0.25, -0.2) is 5.10 Å². The van der Waals surface area contributed by atoms with E-state index in [9.17, 15) is 4.79 Å². The number of hydrogen-bond acceptors (Lipinski definition) is 4. The summed E-state index contributed by atoms with van der Waals surface area (Å²) in [5.74, 6) is 0.218. The predicted molar refractivity (Wildman–Crippen MR) is 71.8 cm³/mol. The quantitative estimate of drug-likeness (QED) is 0.846. The van der Waals surface area contributed by atoms with E-state index in [0.29, 0.717) is 11.0 Å². The van der Waals surface area contributed by atoms with Crippen LogP contribution in [0.4, 0.5) is 5.95 Å². The number of anilines is 1. The molecular formula is C11H11ClN4OS. The molecule has 0 unspecified atom stereocenters. The first-order valence-electron chi connectivity index (χ1n) is 5.23. The van der Waals surface area contributed by atoms with Crippen LogP contribution in [0.3, 0.4) is 0 Å². The molecule has 0 aliphatic heterocycles. The standard InChI is InChI=1S/C11H11ClN4OS/c1-7(10(17)15-11-13-6-14-16-11)18-9-4-2-8(12)3-5-9/h2-7H,1H3,(H2,13,14,15,16,17)/t7-/m1/s1. The first-order chi connectivity index (χ1) is 8.65. The van der Waals surface area contributed by atoms with Crippen molar-refractivity contribution in [1.82, 2.24) is 15.2 Å². The number of carbonyl (C=O) groups excluding carboxylic acids is 1. The Kier molecular flexibility index (Phi) is 4.22. The average molecular weight is 283 g/mol. The summed E-state index contributed by atoms with van der Waals surface area (Å²) >= 11 is 7.25. The highest BCUT2D eigenvalue weighted by atomic mass is 35.5. The Balaban J connectivity index is 1.93. The van der Waals surface area contributed by atoms with Crippen molar-refractivity contribution in [3.8, 4) is 0 Å². The van der Waals surface area contributed by atoms with Crippen molar-refractivity contribution in [3.63, 3.8) is 0 Å². The van der Waals surface area contributed by atoms with Gasteiger partial charge in [0.15, 0.2) is 0 Å². The van der Waals surface area contributed by atoms with Gasteiger partial charge in [0.2, 0.25) is 11.9 Å². The number of halogens is 1. The van der Waals surface area contributed by atoms with E-state index < -0.39 is 0 Å². The van der Waals surface area contributed by atoms with Gasteiger partial charge in [0.25, 0.3) is 0 Å². The molecule has 0 fully saturated rings. The Morgan fingerprint density at radius 1 is 1.44 bits per heavy atom. The Morgan fingerprint density at radius 2 is 2.17 bits per heavy atom. The molecule has 0 saturated carbocycles. The average Bonchev–Trinajstić information content (AvgIpc) is 2.85. The number of nitrogens with one attached hydrogen (secondary N) is 2. The second kappa shape index (κ2) is 5.88. The lowest BCUT2D eigenvalue weighted by Gasteiger charge is -2.10. The van der Waals surface area contributed by atoms with Gasteiger partial charge < -0.3 is 0 Å². The first-order valence-corrected chi connectivity index (χ1v) is 6.49. The molecule has 1 aromatic heterocycles. The molecule has 2 rings (SSSR count). The highest BCUT2D eigenvalue weighted by Gasteiger charge is 2.15. The highest BCUT2D eigenvalue weighted by Crippen LogP contribution is 2.25. The normalized spacial score (nSPS) is 12.1. The highest BCUT2D eigenvalue weighted by molar-refractivity contribution is 8.00. The summed E-state index contributed by atoms with van der Waals surface area (Å²) in [6.07, 6.45) is 1.34. The number of thioether (sulfide) groups is 1. The number of H-pyrrole nitrogens is 1. The van der Waals surface area contributed by atoms with Gasteiger partial charge in [0.05, 0.1) is 5.25 Å².